The topological polar surface area (TPSA) is 60.6 Å². The fourth-order valence-corrected chi connectivity index (χ4v) is 2.54. The van der Waals surface area contributed by atoms with Gasteiger partial charge in [0.1, 0.15) is 5.75 Å². The van der Waals surface area contributed by atoms with Crippen molar-refractivity contribution in [2.45, 2.75) is 6.54 Å². The van der Waals surface area contributed by atoms with E-state index in [-0.39, 0.29) is 0 Å². The zero-order valence-corrected chi connectivity index (χ0v) is 12.0. The second-order valence-corrected chi connectivity index (χ2v) is 4.86. The molecule has 0 radical (unpaired) electrons. The molecule has 2 aromatic rings. The molecule has 19 heavy (non-hydrogen) atoms. The van der Waals surface area contributed by atoms with E-state index in [0.29, 0.717) is 11.6 Å². The van der Waals surface area contributed by atoms with Gasteiger partial charge in [0.25, 0.3) is 0 Å². The molecule has 0 bridgehead atoms. The molecule has 0 spiro atoms. The van der Waals surface area contributed by atoms with Crippen LogP contribution in [-0.2, 0) is 6.54 Å². The minimum absolute atomic E-state index is 0.434. The van der Waals surface area contributed by atoms with Crippen molar-refractivity contribution in [1.29, 1.82) is 0 Å². The van der Waals surface area contributed by atoms with Gasteiger partial charge < -0.3 is 20.1 Å². The number of rotatable bonds is 5. The lowest BCUT2D eigenvalue weighted by Gasteiger charge is -2.18. The van der Waals surface area contributed by atoms with Gasteiger partial charge in [0.15, 0.2) is 16.6 Å². The zero-order chi connectivity index (χ0) is 13.8. The van der Waals surface area contributed by atoms with Crippen molar-refractivity contribution >= 4 is 22.4 Å². The van der Waals surface area contributed by atoms with Gasteiger partial charge in [-0.15, -0.1) is 0 Å². The monoisotopic (exact) mass is 279 g/mol. The molecule has 2 rings (SSSR count). The molecule has 0 amide bonds. The van der Waals surface area contributed by atoms with Gasteiger partial charge in [-0.05, 0) is 29.2 Å². The number of nitrogens with two attached hydrogens (primary N) is 1. The molecule has 1 heterocycles. The molecule has 0 aliphatic heterocycles. The number of hydrogen-bond donors (Lipinski definition) is 1. The molecule has 1 aromatic carbocycles. The van der Waals surface area contributed by atoms with E-state index in [0.717, 1.165) is 17.3 Å². The van der Waals surface area contributed by atoms with Gasteiger partial charge in [-0.3, -0.25) is 0 Å². The molecule has 5 nitrogen and oxygen atoms in total. The largest absolute Gasteiger partial charge is 0.497 e. The Morgan fingerprint density at radius 1 is 1.21 bits per heavy atom. The molecule has 1 aromatic heterocycles. The van der Waals surface area contributed by atoms with Gasteiger partial charge in [-0.1, -0.05) is 12.1 Å². The molecule has 0 atom stereocenters. The first-order valence-corrected chi connectivity index (χ1v) is 6.56. The predicted molar refractivity (Wildman–Crippen MR) is 78.2 cm³/mol. The molecular weight excluding hydrogens is 262 g/mol. The van der Waals surface area contributed by atoms with Crippen LogP contribution in [0.1, 0.15) is 5.56 Å². The van der Waals surface area contributed by atoms with Crippen molar-refractivity contribution in [3.63, 3.8) is 0 Å². The summed E-state index contributed by atoms with van der Waals surface area (Å²) >= 11 is 1.34. The zero-order valence-electron chi connectivity index (χ0n) is 11.2. The molecule has 0 aliphatic carbocycles. The van der Waals surface area contributed by atoms with Crippen LogP contribution >= 0.6 is 11.5 Å². The molecule has 0 saturated carbocycles. The number of benzene rings is 1. The summed E-state index contributed by atoms with van der Waals surface area (Å²) in [5.41, 5.74) is 6.93. The summed E-state index contributed by atoms with van der Waals surface area (Å²) in [6, 6.07) is 7.96. The second-order valence-electron chi connectivity index (χ2n) is 4.11. The number of anilines is 2. The van der Waals surface area contributed by atoms with Crippen LogP contribution in [0.25, 0.3) is 0 Å². The molecule has 0 saturated heterocycles. The normalized spacial score (nSPS) is 10.3. The Balaban J connectivity index is 2.13. The lowest BCUT2D eigenvalue weighted by molar-refractivity contribution is 0.414. The fraction of sp³-hybridized carbons (Fsp3) is 0.308. The third-order valence-corrected chi connectivity index (χ3v) is 3.74. The van der Waals surface area contributed by atoms with E-state index in [4.69, 9.17) is 15.2 Å². The van der Waals surface area contributed by atoms with Crippen LogP contribution in [-0.4, -0.2) is 25.6 Å². The van der Waals surface area contributed by atoms with Crippen molar-refractivity contribution in [2.75, 3.05) is 31.9 Å². The molecular formula is C13H17N3O2S. The van der Waals surface area contributed by atoms with Crippen molar-refractivity contribution in [3.8, 4) is 11.5 Å². The maximum Gasteiger partial charge on any atom is 0.197 e. The Bertz CT molecular complexity index is 539. The molecule has 102 valence electrons. The SMILES string of the molecule is COc1ccc(CN(C)c2snc(N)c2OC)cc1. The smallest absolute Gasteiger partial charge is 0.197 e. The van der Waals surface area contributed by atoms with Crippen molar-refractivity contribution in [2.24, 2.45) is 0 Å². The Morgan fingerprint density at radius 3 is 2.47 bits per heavy atom. The fourth-order valence-electron chi connectivity index (χ4n) is 1.80. The van der Waals surface area contributed by atoms with Crippen molar-refractivity contribution < 1.29 is 9.47 Å². The lowest BCUT2D eigenvalue weighted by Crippen LogP contribution is -2.15. The summed E-state index contributed by atoms with van der Waals surface area (Å²) < 4.78 is 14.5. The van der Waals surface area contributed by atoms with Crippen LogP contribution in [0.4, 0.5) is 10.8 Å². The van der Waals surface area contributed by atoms with E-state index < -0.39 is 0 Å². The Labute approximate surface area is 116 Å². The highest BCUT2D eigenvalue weighted by Crippen LogP contribution is 2.37. The average molecular weight is 279 g/mol. The van der Waals surface area contributed by atoms with E-state index in [1.807, 2.05) is 31.3 Å². The second kappa shape index (κ2) is 5.79. The molecule has 0 aliphatic rings. The van der Waals surface area contributed by atoms with Crippen LogP contribution in [0.5, 0.6) is 11.5 Å². The average Bonchev–Trinajstić information content (AvgIpc) is 2.80. The summed E-state index contributed by atoms with van der Waals surface area (Å²) in [6.45, 7) is 0.752. The van der Waals surface area contributed by atoms with Crippen LogP contribution in [0, 0.1) is 0 Å². The Morgan fingerprint density at radius 2 is 1.89 bits per heavy atom. The summed E-state index contributed by atoms with van der Waals surface area (Å²) in [5, 5.41) is 0.927. The van der Waals surface area contributed by atoms with Crippen LogP contribution < -0.4 is 20.1 Å². The van der Waals surface area contributed by atoms with E-state index in [1.54, 1.807) is 14.2 Å². The molecule has 6 heteroatoms. The van der Waals surface area contributed by atoms with E-state index >= 15 is 0 Å². The number of hydrogen-bond acceptors (Lipinski definition) is 6. The number of nitrogen functional groups attached to an aromatic ring is 1. The Hall–Kier alpha value is -1.95. The van der Waals surface area contributed by atoms with E-state index in [2.05, 4.69) is 9.27 Å². The van der Waals surface area contributed by atoms with Crippen LogP contribution in [0.3, 0.4) is 0 Å². The summed E-state index contributed by atoms with van der Waals surface area (Å²) in [6.07, 6.45) is 0. The van der Waals surface area contributed by atoms with Gasteiger partial charge >= 0.3 is 0 Å². The van der Waals surface area contributed by atoms with Crippen LogP contribution in [0.2, 0.25) is 0 Å². The lowest BCUT2D eigenvalue weighted by atomic mass is 10.2. The summed E-state index contributed by atoms with van der Waals surface area (Å²) in [7, 11) is 5.25. The van der Waals surface area contributed by atoms with E-state index in [1.165, 1.54) is 17.1 Å². The van der Waals surface area contributed by atoms with Crippen molar-refractivity contribution in [1.82, 2.24) is 4.37 Å². The maximum atomic E-state index is 5.75. The predicted octanol–water partition coefficient (Wildman–Crippen LogP) is 2.38. The van der Waals surface area contributed by atoms with Crippen molar-refractivity contribution in [3.05, 3.63) is 29.8 Å². The van der Waals surface area contributed by atoms with Crippen LogP contribution in [0.15, 0.2) is 24.3 Å². The first-order valence-electron chi connectivity index (χ1n) is 5.79. The minimum atomic E-state index is 0.434. The highest BCUT2D eigenvalue weighted by atomic mass is 32.1. The molecule has 0 fully saturated rings. The minimum Gasteiger partial charge on any atom is -0.497 e. The number of nitrogens with zero attached hydrogens (tertiary/aromatic N) is 2. The standard InChI is InChI=1S/C13H17N3O2S/c1-16(13-11(18-3)12(14)15-19-13)8-9-4-6-10(17-2)7-5-9/h4-7H,8H2,1-3H3,(H2,14,15). The van der Waals surface area contributed by atoms with Gasteiger partial charge in [-0.2, -0.15) is 4.37 Å². The third kappa shape index (κ3) is 2.90. The Kier molecular flexibility index (Phi) is 4.11. The summed E-state index contributed by atoms with van der Waals surface area (Å²) in [4.78, 5) is 2.06. The molecule has 2 N–H and O–H groups in total. The number of aromatic nitrogens is 1. The quantitative estimate of drug-likeness (QED) is 0.910. The van der Waals surface area contributed by atoms with Gasteiger partial charge in [0.2, 0.25) is 0 Å². The van der Waals surface area contributed by atoms with E-state index in [9.17, 15) is 0 Å². The third-order valence-electron chi connectivity index (χ3n) is 2.79. The number of methoxy groups -OCH3 is 2. The first kappa shape index (κ1) is 13.5. The van der Waals surface area contributed by atoms with Gasteiger partial charge in [-0.25, -0.2) is 0 Å². The summed E-state index contributed by atoms with van der Waals surface area (Å²) in [5.74, 6) is 1.93. The number of ether oxygens (including phenoxy) is 2. The molecule has 0 unspecified atom stereocenters. The maximum absolute atomic E-state index is 5.75. The highest BCUT2D eigenvalue weighted by Gasteiger charge is 2.15. The highest BCUT2D eigenvalue weighted by molar-refractivity contribution is 7.11. The van der Waals surface area contributed by atoms with Gasteiger partial charge in [0, 0.05) is 13.6 Å². The first-order chi connectivity index (χ1) is 9.15. The van der Waals surface area contributed by atoms with Gasteiger partial charge in [0.05, 0.1) is 14.2 Å².